The zero-order valence-electron chi connectivity index (χ0n) is 17.3. The van der Waals surface area contributed by atoms with E-state index in [1.807, 2.05) is 6.92 Å². The molecule has 0 amide bonds. The predicted octanol–water partition coefficient (Wildman–Crippen LogP) is 5.69. The molecule has 0 radical (unpaired) electrons. The minimum Gasteiger partial charge on any atom is -0.388 e. The van der Waals surface area contributed by atoms with Gasteiger partial charge in [-0.15, -0.1) is 0 Å². The third-order valence-corrected chi connectivity index (χ3v) is 6.61. The van der Waals surface area contributed by atoms with Crippen molar-refractivity contribution in [1.82, 2.24) is 0 Å². The molecule has 2 aromatic carbocycles. The molecule has 1 aliphatic heterocycles. The Kier molecular flexibility index (Phi) is 6.12. The average molecular weight is 438 g/mol. The van der Waals surface area contributed by atoms with E-state index in [0.29, 0.717) is 19.4 Å². The maximum atomic E-state index is 14.7. The zero-order chi connectivity index (χ0) is 22.3. The zero-order valence-corrected chi connectivity index (χ0v) is 17.3. The van der Waals surface area contributed by atoms with Crippen molar-refractivity contribution >= 4 is 0 Å². The molecule has 2 fully saturated rings. The monoisotopic (exact) mass is 438 g/mol. The van der Waals surface area contributed by atoms with E-state index in [1.165, 1.54) is 24.3 Å². The molecule has 0 bridgehead atoms. The number of ether oxygens (including phenoxy) is 1. The third kappa shape index (κ3) is 4.11. The molecule has 1 aliphatic carbocycles. The summed E-state index contributed by atoms with van der Waals surface area (Å²) in [4.78, 5) is 0. The van der Waals surface area contributed by atoms with Gasteiger partial charge in [-0.05, 0) is 43.6 Å². The number of aliphatic hydroxyl groups is 2. The summed E-state index contributed by atoms with van der Waals surface area (Å²) in [6.45, 7) is 2.19. The molecule has 1 heterocycles. The van der Waals surface area contributed by atoms with E-state index < -0.39 is 41.1 Å². The van der Waals surface area contributed by atoms with E-state index in [4.69, 9.17) is 4.74 Å². The molecule has 3 nitrogen and oxygen atoms in total. The predicted molar refractivity (Wildman–Crippen MR) is 106 cm³/mol. The molecule has 2 atom stereocenters. The van der Waals surface area contributed by atoms with Crippen LogP contribution in [0.15, 0.2) is 24.3 Å². The minimum atomic E-state index is -1.57. The number of halogens is 4. The Morgan fingerprint density at radius 1 is 0.968 bits per heavy atom. The van der Waals surface area contributed by atoms with Gasteiger partial charge in [-0.2, -0.15) is 0 Å². The van der Waals surface area contributed by atoms with Gasteiger partial charge in [-0.25, -0.2) is 17.6 Å². The van der Waals surface area contributed by atoms with Gasteiger partial charge < -0.3 is 14.9 Å². The van der Waals surface area contributed by atoms with Gasteiger partial charge in [0.15, 0.2) is 23.3 Å². The Morgan fingerprint density at radius 2 is 1.58 bits per heavy atom. The molecule has 1 saturated carbocycles. The van der Waals surface area contributed by atoms with Crippen molar-refractivity contribution in [1.29, 1.82) is 0 Å². The van der Waals surface area contributed by atoms with E-state index in [1.54, 1.807) is 0 Å². The first-order valence-electron chi connectivity index (χ1n) is 10.7. The molecular formula is C24H26F4O3. The van der Waals surface area contributed by atoms with Gasteiger partial charge in [0.25, 0.3) is 0 Å². The lowest BCUT2D eigenvalue weighted by Gasteiger charge is -2.37. The van der Waals surface area contributed by atoms with Gasteiger partial charge in [-0.1, -0.05) is 37.6 Å². The van der Waals surface area contributed by atoms with Gasteiger partial charge in [0, 0.05) is 16.7 Å². The molecule has 168 valence electrons. The molecule has 0 aromatic heterocycles. The minimum absolute atomic E-state index is 0.0623. The molecule has 7 heteroatoms. The van der Waals surface area contributed by atoms with Crippen molar-refractivity contribution in [2.45, 2.75) is 69.2 Å². The molecule has 2 aliphatic rings. The molecule has 4 rings (SSSR count). The van der Waals surface area contributed by atoms with Gasteiger partial charge in [0.2, 0.25) is 0 Å². The van der Waals surface area contributed by atoms with Crippen LogP contribution in [0.4, 0.5) is 17.6 Å². The first-order valence-corrected chi connectivity index (χ1v) is 10.7. The van der Waals surface area contributed by atoms with Crippen molar-refractivity contribution in [3.63, 3.8) is 0 Å². The highest BCUT2D eigenvalue weighted by Crippen LogP contribution is 2.46. The fourth-order valence-corrected chi connectivity index (χ4v) is 4.66. The SMILES string of the molecule is CCCC(O)c1ccc(C2CCC(O)(c3ccc(C4CO4)c(F)c3F)CC2)c(F)c1F. The standard InChI is InChI=1S/C24H26F4O3/c1-2-3-18(29)15-5-4-14(20(25)21(15)26)13-8-10-24(30,11-9-13)17-7-6-16(19-12-31-19)22(27)23(17)28/h4-7,13,18-19,29-30H,2-3,8-12H2,1H3. The molecule has 2 aromatic rings. The second-order valence-electron chi connectivity index (χ2n) is 8.63. The quantitative estimate of drug-likeness (QED) is 0.450. The van der Waals surface area contributed by atoms with Crippen molar-refractivity contribution in [3.8, 4) is 0 Å². The molecule has 31 heavy (non-hydrogen) atoms. The van der Waals surface area contributed by atoms with Crippen LogP contribution >= 0.6 is 0 Å². The van der Waals surface area contributed by atoms with Crippen molar-refractivity contribution < 1.29 is 32.5 Å². The van der Waals surface area contributed by atoms with Crippen LogP contribution in [-0.4, -0.2) is 16.8 Å². The van der Waals surface area contributed by atoms with Crippen LogP contribution in [0.3, 0.4) is 0 Å². The number of aliphatic hydroxyl groups excluding tert-OH is 1. The van der Waals surface area contributed by atoms with E-state index in [9.17, 15) is 27.8 Å². The summed E-state index contributed by atoms with van der Waals surface area (Å²) in [5.41, 5.74) is -1.43. The lowest BCUT2D eigenvalue weighted by molar-refractivity contribution is -0.00957. The molecule has 2 N–H and O–H groups in total. The van der Waals surface area contributed by atoms with Gasteiger partial charge in [-0.3, -0.25) is 0 Å². The number of hydrogen-bond donors (Lipinski definition) is 2. The van der Waals surface area contributed by atoms with Crippen LogP contribution in [0.1, 0.15) is 85.8 Å². The first-order chi connectivity index (χ1) is 14.8. The lowest BCUT2D eigenvalue weighted by Crippen LogP contribution is -2.32. The van der Waals surface area contributed by atoms with Crippen LogP contribution in [0.5, 0.6) is 0 Å². The summed E-state index contributed by atoms with van der Waals surface area (Å²) in [6.07, 6.45) is 0.230. The Morgan fingerprint density at radius 3 is 2.19 bits per heavy atom. The first kappa shape index (κ1) is 22.2. The summed E-state index contributed by atoms with van der Waals surface area (Å²) in [5.74, 6) is -4.50. The van der Waals surface area contributed by atoms with Gasteiger partial charge in [0.1, 0.15) is 6.10 Å². The van der Waals surface area contributed by atoms with Crippen molar-refractivity contribution in [2.75, 3.05) is 6.61 Å². The molecule has 0 spiro atoms. The fourth-order valence-electron chi connectivity index (χ4n) is 4.66. The smallest absolute Gasteiger partial charge is 0.165 e. The molecule has 2 unspecified atom stereocenters. The Bertz CT molecular complexity index is 966. The largest absolute Gasteiger partial charge is 0.388 e. The van der Waals surface area contributed by atoms with E-state index in [2.05, 4.69) is 0 Å². The Hall–Kier alpha value is -1.96. The Balaban J connectivity index is 1.52. The van der Waals surface area contributed by atoms with Crippen LogP contribution in [0.2, 0.25) is 0 Å². The average Bonchev–Trinajstić information content (AvgIpc) is 3.58. The van der Waals surface area contributed by atoms with E-state index >= 15 is 0 Å². The van der Waals surface area contributed by atoms with Gasteiger partial charge in [0.05, 0.1) is 18.3 Å². The maximum absolute atomic E-state index is 14.7. The third-order valence-electron chi connectivity index (χ3n) is 6.61. The fraction of sp³-hybridized carbons (Fsp3) is 0.500. The summed E-state index contributed by atoms with van der Waals surface area (Å²) in [7, 11) is 0. The normalized spacial score (nSPS) is 26.7. The summed E-state index contributed by atoms with van der Waals surface area (Å²) in [5, 5.41) is 21.0. The van der Waals surface area contributed by atoms with E-state index in [-0.39, 0.29) is 53.9 Å². The Labute approximate surface area is 178 Å². The second kappa shape index (κ2) is 8.52. The van der Waals surface area contributed by atoms with Crippen LogP contribution in [0, 0.1) is 23.3 Å². The van der Waals surface area contributed by atoms with Crippen LogP contribution in [0.25, 0.3) is 0 Å². The van der Waals surface area contributed by atoms with E-state index in [0.717, 1.165) is 0 Å². The maximum Gasteiger partial charge on any atom is 0.165 e. The molecule has 1 saturated heterocycles. The number of hydrogen-bond acceptors (Lipinski definition) is 3. The van der Waals surface area contributed by atoms with Crippen molar-refractivity contribution in [2.24, 2.45) is 0 Å². The lowest BCUT2D eigenvalue weighted by atomic mass is 9.72. The summed E-state index contributed by atoms with van der Waals surface area (Å²) >= 11 is 0. The number of benzene rings is 2. The summed E-state index contributed by atoms with van der Waals surface area (Å²) < 4.78 is 63.3. The molecular weight excluding hydrogens is 412 g/mol. The second-order valence-corrected chi connectivity index (χ2v) is 8.63. The topological polar surface area (TPSA) is 53.0 Å². The number of rotatable bonds is 6. The van der Waals surface area contributed by atoms with Crippen LogP contribution < -0.4 is 0 Å². The van der Waals surface area contributed by atoms with Gasteiger partial charge >= 0.3 is 0 Å². The van der Waals surface area contributed by atoms with Crippen molar-refractivity contribution in [3.05, 3.63) is 69.8 Å². The highest BCUT2D eigenvalue weighted by molar-refractivity contribution is 5.35. The highest BCUT2D eigenvalue weighted by atomic mass is 19.2. The highest BCUT2D eigenvalue weighted by Gasteiger charge is 2.40. The summed E-state index contributed by atoms with van der Waals surface area (Å²) in [6, 6.07) is 5.71. The number of epoxide rings is 1. The van der Waals surface area contributed by atoms with Crippen LogP contribution in [-0.2, 0) is 10.3 Å².